The summed E-state index contributed by atoms with van der Waals surface area (Å²) in [6, 6.07) is 13.5. The van der Waals surface area contributed by atoms with Crippen LogP contribution in [0.2, 0.25) is 0 Å². The molecule has 1 atom stereocenters. The summed E-state index contributed by atoms with van der Waals surface area (Å²) in [5.41, 5.74) is 1.82. The molecule has 1 aromatic carbocycles. The van der Waals surface area contributed by atoms with Crippen LogP contribution in [0.25, 0.3) is 5.65 Å². The molecular formula is C20H19N5O3. The van der Waals surface area contributed by atoms with E-state index in [1.165, 1.54) is 6.33 Å². The molecule has 0 N–H and O–H groups in total. The number of ether oxygens (including phenoxy) is 1. The van der Waals surface area contributed by atoms with Gasteiger partial charge in [-0.15, -0.1) is 0 Å². The van der Waals surface area contributed by atoms with Gasteiger partial charge in [-0.3, -0.25) is 9.69 Å². The number of carbonyl (C=O) groups excluding carboxylic acids is 2. The highest BCUT2D eigenvalue weighted by Crippen LogP contribution is 2.32. The number of piperazine rings is 1. The molecule has 4 heterocycles. The predicted octanol–water partition coefficient (Wildman–Crippen LogP) is 1.62. The lowest BCUT2D eigenvalue weighted by Crippen LogP contribution is -2.63. The van der Waals surface area contributed by atoms with Crippen molar-refractivity contribution in [1.29, 1.82) is 0 Å². The highest BCUT2D eigenvalue weighted by Gasteiger charge is 2.51. The highest BCUT2D eigenvalue weighted by molar-refractivity contribution is 5.94. The lowest BCUT2D eigenvalue weighted by atomic mass is 9.88. The van der Waals surface area contributed by atoms with Crippen LogP contribution in [-0.2, 0) is 11.2 Å². The Bertz CT molecular complexity index is 1050. The number of hydrogen-bond acceptors (Lipinski definition) is 5. The van der Waals surface area contributed by atoms with Gasteiger partial charge in [0.25, 0.3) is 5.91 Å². The number of rotatable bonds is 3. The number of carbonyl (C=O) groups is 2. The number of benzene rings is 1. The molecule has 2 fully saturated rings. The molecule has 142 valence electrons. The molecule has 2 amide bonds. The second-order valence-corrected chi connectivity index (χ2v) is 7.30. The maximum absolute atomic E-state index is 13.2. The van der Waals surface area contributed by atoms with E-state index in [1.54, 1.807) is 32.6 Å². The van der Waals surface area contributed by atoms with Crippen molar-refractivity contribution in [2.45, 2.75) is 12.0 Å². The van der Waals surface area contributed by atoms with Crippen LogP contribution in [0.1, 0.15) is 15.9 Å². The molecule has 0 aliphatic carbocycles. The molecule has 0 spiro atoms. The van der Waals surface area contributed by atoms with Crippen molar-refractivity contribution in [2.75, 3.05) is 26.2 Å². The number of nitrogens with zero attached hydrogens (tertiary/aromatic N) is 5. The summed E-state index contributed by atoms with van der Waals surface area (Å²) in [5.74, 6) is -0.0798. The molecule has 8 heteroatoms. The standard InChI is InChI=1S/C20H19N5O3/c26-18(16-6-7-17-21-14-22-25(17)11-16)23-8-9-24-19(27)28-13-20(24,12-23)10-15-4-2-1-3-5-15/h1-7,11,14H,8-10,12-13H2. The number of cyclic esters (lactones) is 1. The van der Waals surface area contributed by atoms with E-state index in [2.05, 4.69) is 10.1 Å². The van der Waals surface area contributed by atoms with E-state index in [0.717, 1.165) is 5.56 Å². The zero-order valence-corrected chi connectivity index (χ0v) is 15.2. The van der Waals surface area contributed by atoms with E-state index >= 15 is 0 Å². The van der Waals surface area contributed by atoms with Crippen LogP contribution in [-0.4, -0.2) is 68.2 Å². The molecule has 5 rings (SSSR count). The normalized spacial score (nSPS) is 21.6. The molecule has 2 saturated heterocycles. The summed E-state index contributed by atoms with van der Waals surface area (Å²) >= 11 is 0. The molecule has 0 radical (unpaired) electrons. The third kappa shape index (κ3) is 2.69. The molecule has 8 nitrogen and oxygen atoms in total. The van der Waals surface area contributed by atoms with Gasteiger partial charge in [-0.1, -0.05) is 30.3 Å². The Kier molecular flexibility index (Phi) is 3.78. The summed E-state index contributed by atoms with van der Waals surface area (Å²) in [7, 11) is 0. The maximum Gasteiger partial charge on any atom is 0.410 e. The Hall–Kier alpha value is -3.42. The van der Waals surface area contributed by atoms with E-state index in [1.807, 2.05) is 30.3 Å². The molecule has 2 aromatic heterocycles. The van der Waals surface area contributed by atoms with Crippen LogP contribution in [0, 0.1) is 0 Å². The third-order valence-electron chi connectivity index (χ3n) is 5.52. The van der Waals surface area contributed by atoms with Crippen molar-refractivity contribution >= 4 is 17.6 Å². The van der Waals surface area contributed by atoms with Crippen molar-refractivity contribution < 1.29 is 14.3 Å². The first kappa shape index (κ1) is 16.7. The molecule has 0 saturated carbocycles. The van der Waals surface area contributed by atoms with E-state index in [4.69, 9.17) is 4.74 Å². The molecular weight excluding hydrogens is 358 g/mol. The first-order valence-corrected chi connectivity index (χ1v) is 9.22. The Morgan fingerprint density at radius 2 is 2.00 bits per heavy atom. The summed E-state index contributed by atoms with van der Waals surface area (Å²) in [6.45, 7) is 1.65. The molecule has 2 aliphatic rings. The second kappa shape index (κ2) is 6.33. The lowest BCUT2D eigenvalue weighted by Gasteiger charge is -2.44. The van der Waals surface area contributed by atoms with Crippen LogP contribution in [0.4, 0.5) is 4.79 Å². The lowest BCUT2D eigenvalue weighted by molar-refractivity contribution is 0.0375. The average molecular weight is 377 g/mol. The van der Waals surface area contributed by atoms with Crippen LogP contribution in [0.15, 0.2) is 55.0 Å². The van der Waals surface area contributed by atoms with Crippen LogP contribution in [0.3, 0.4) is 0 Å². The van der Waals surface area contributed by atoms with Crippen LogP contribution >= 0.6 is 0 Å². The average Bonchev–Trinajstić information content (AvgIpc) is 3.32. The van der Waals surface area contributed by atoms with Gasteiger partial charge in [0.2, 0.25) is 0 Å². The zero-order valence-electron chi connectivity index (χ0n) is 15.2. The third-order valence-corrected chi connectivity index (χ3v) is 5.52. The zero-order chi connectivity index (χ0) is 19.1. The van der Waals surface area contributed by atoms with Gasteiger partial charge in [-0.2, -0.15) is 5.10 Å². The van der Waals surface area contributed by atoms with Gasteiger partial charge in [0, 0.05) is 32.3 Å². The van der Waals surface area contributed by atoms with E-state index in [9.17, 15) is 9.59 Å². The number of aromatic nitrogens is 3. The highest BCUT2D eigenvalue weighted by atomic mass is 16.6. The fourth-order valence-corrected chi connectivity index (χ4v) is 4.14. The van der Waals surface area contributed by atoms with Crippen LogP contribution < -0.4 is 0 Å². The van der Waals surface area contributed by atoms with Gasteiger partial charge in [-0.05, 0) is 17.7 Å². The van der Waals surface area contributed by atoms with E-state index < -0.39 is 5.54 Å². The molecule has 0 bridgehead atoms. The van der Waals surface area contributed by atoms with Crippen molar-refractivity contribution in [2.24, 2.45) is 0 Å². The number of pyridine rings is 1. The Labute approximate surface area is 161 Å². The SMILES string of the molecule is O=C(c1ccc2ncnn2c1)N1CCN2C(=O)OCC2(Cc2ccccc2)C1. The summed E-state index contributed by atoms with van der Waals surface area (Å²) < 4.78 is 6.97. The first-order chi connectivity index (χ1) is 13.6. The minimum atomic E-state index is -0.538. The van der Waals surface area contributed by atoms with Crippen molar-refractivity contribution in [3.05, 3.63) is 66.1 Å². The molecule has 2 aliphatic heterocycles. The van der Waals surface area contributed by atoms with E-state index in [-0.39, 0.29) is 18.6 Å². The Morgan fingerprint density at radius 1 is 1.14 bits per heavy atom. The summed E-state index contributed by atoms with van der Waals surface area (Å²) in [4.78, 5) is 33.1. The minimum Gasteiger partial charge on any atom is -0.447 e. The first-order valence-electron chi connectivity index (χ1n) is 9.22. The Balaban J connectivity index is 1.43. The number of amides is 2. The smallest absolute Gasteiger partial charge is 0.410 e. The Morgan fingerprint density at radius 3 is 2.86 bits per heavy atom. The quantitative estimate of drug-likeness (QED) is 0.693. The molecule has 3 aromatic rings. The fourth-order valence-electron chi connectivity index (χ4n) is 4.14. The van der Waals surface area contributed by atoms with E-state index in [0.29, 0.717) is 37.3 Å². The summed E-state index contributed by atoms with van der Waals surface area (Å²) in [6.07, 6.45) is 3.49. The van der Waals surface area contributed by atoms with Gasteiger partial charge in [0.1, 0.15) is 18.5 Å². The largest absolute Gasteiger partial charge is 0.447 e. The predicted molar refractivity (Wildman–Crippen MR) is 99.8 cm³/mol. The van der Waals surface area contributed by atoms with Crippen molar-refractivity contribution in [3.8, 4) is 0 Å². The molecule has 1 unspecified atom stereocenters. The van der Waals surface area contributed by atoms with Gasteiger partial charge >= 0.3 is 6.09 Å². The van der Waals surface area contributed by atoms with Gasteiger partial charge < -0.3 is 9.64 Å². The monoisotopic (exact) mass is 377 g/mol. The van der Waals surface area contributed by atoms with Gasteiger partial charge in [0.05, 0.1) is 5.56 Å². The molecule has 28 heavy (non-hydrogen) atoms. The minimum absolute atomic E-state index is 0.0798. The topological polar surface area (TPSA) is 80.0 Å². The van der Waals surface area contributed by atoms with Crippen molar-refractivity contribution in [3.63, 3.8) is 0 Å². The summed E-state index contributed by atoms with van der Waals surface area (Å²) in [5, 5.41) is 4.10. The van der Waals surface area contributed by atoms with Gasteiger partial charge in [-0.25, -0.2) is 14.3 Å². The number of hydrogen-bond donors (Lipinski definition) is 0. The second-order valence-electron chi connectivity index (χ2n) is 7.30. The van der Waals surface area contributed by atoms with Gasteiger partial charge in [0.15, 0.2) is 5.65 Å². The fraction of sp³-hybridized carbons (Fsp3) is 0.300. The number of fused-ring (bicyclic) bond motifs is 2. The van der Waals surface area contributed by atoms with Crippen molar-refractivity contribution in [1.82, 2.24) is 24.4 Å². The maximum atomic E-state index is 13.2. The van der Waals surface area contributed by atoms with Crippen LogP contribution in [0.5, 0.6) is 0 Å².